The van der Waals surface area contributed by atoms with Crippen LogP contribution in [0.5, 0.6) is 0 Å². The van der Waals surface area contributed by atoms with Crippen molar-refractivity contribution in [3.63, 3.8) is 0 Å². The molecule has 0 aromatic heterocycles. The number of rotatable bonds is 5. The van der Waals surface area contributed by atoms with E-state index >= 15 is 0 Å². The van der Waals surface area contributed by atoms with Crippen molar-refractivity contribution in [2.45, 2.75) is 38.3 Å². The average molecular weight is 290 g/mol. The number of hydrogen-bond donors (Lipinski definition) is 3. The van der Waals surface area contributed by atoms with Gasteiger partial charge in [-0.2, -0.15) is 0 Å². The highest BCUT2D eigenvalue weighted by atomic mass is 16.3. The molecule has 0 aliphatic heterocycles. The van der Waals surface area contributed by atoms with Gasteiger partial charge in [0.2, 0.25) is 0 Å². The van der Waals surface area contributed by atoms with Crippen molar-refractivity contribution in [3.05, 3.63) is 35.9 Å². The molecule has 0 saturated heterocycles. The number of benzene rings is 1. The Kier molecular flexibility index (Phi) is 4.63. The van der Waals surface area contributed by atoms with Gasteiger partial charge in [-0.1, -0.05) is 30.3 Å². The van der Waals surface area contributed by atoms with Gasteiger partial charge in [0.15, 0.2) is 0 Å². The third kappa shape index (κ3) is 3.82. The van der Waals surface area contributed by atoms with Crippen LogP contribution in [0, 0.1) is 5.92 Å². The van der Waals surface area contributed by atoms with Gasteiger partial charge < -0.3 is 15.7 Å². The number of carbonyl (C=O) groups excluding carboxylic acids is 2. The number of carbonyl (C=O) groups is 2. The van der Waals surface area contributed by atoms with E-state index < -0.39 is 17.4 Å². The van der Waals surface area contributed by atoms with Crippen LogP contribution >= 0.6 is 0 Å². The number of amides is 2. The topological polar surface area (TPSA) is 78.4 Å². The number of aliphatic hydroxyl groups is 1. The highest BCUT2D eigenvalue weighted by Gasteiger charge is 2.45. The van der Waals surface area contributed by atoms with Crippen LogP contribution in [0.1, 0.15) is 32.3 Å². The first-order chi connectivity index (χ1) is 9.93. The van der Waals surface area contributed by atoms with E-state index in [1.807, 2.05) is 30.3 Å². The molecule has 1 fully saturated rings. The molecule has 21 heavy (non-hydrogen) atoms. The van der Waals surface area contributed by atoms with Crippen LogP contribution in [0.4, 0.5) is 0 Å². The second-order valence-corrected chi connectivity index (χ2v) is 5.88. The zero-order chi connectivity index (χ0) is 15.5. The lowest BCUT2D eigenvalue weighted by atomic mass is 9.88. The maximum atomic E-state index is 11.8. The first kappa shape index (κ1) is 15.5. The van der Waals surface area contributed by atoms with Gasteiger partial charge in [0, 0.05) is 6.04 Å². The van der Waals surface area contributed by atoms with Crippen LogP contribution in [-0.2, 0) is 15.2 Å². The molecule has 1 aliphatic carbocycles. The summed E-state index contributed by atoms with van der Waals surface area (Å²) in [6, 6.07) is 9.19. The molecular weight excluding hydrogens is 268 g/mol. The normalized spacial score (nSPS) is 17.1. The first-order valence-corrected chi connectivity index (χ1v) is 7.30. The van der Waals surface area contributed by atoms with Crippen molar-refractivity contribution in [2.75, 3.05) is 6.54 Å². The summed E-state index contributed by atoms with van der Waals surface area (Å²) in [5.41, 5.74) is -0.327. The Morgan fingerprint density at radius 3 is 2.38 bits per heavy atom. The van der Waals surface area contributed by atoms with Gasteiger partial charge in [-0.3, -0.25) is 9.59 Å². The van der Waals surface area contributed by atoms with Crippen molar-refractivity contribution < 1.29 is 14.7 Å². The molecule has 1 aromatic rings. The summed E-state index contributed by atoms with van der Waals surface area (Å²) in [7, 11) is 0. The standard InChI is InChI=1S/C16H22N2O3/c1-11(2)18-15(20)14(19)17-10-16(21,13-8-9-13)12-6-4-3-5-7-12/h3-7,11,13,21H,8-10H2,1-2H3,(H,17,19)(H,18,20). The molecular formula is C16H22N2O3. The SMILES string of the molecule is CC(C)NC(=O)C(=O)NCC(O)(c1ccccc1)C1CC1. The van der Waals surface area contributed by atoms with Crippen LogP contribution in [0.25, 0.3) is 0 Å². The van der Waals surface area contributed by atoms with Crippen LogP contribution < -0.4 is 10.6 Å². The molecule has 0 heterocycles. The Balaban J connectivity index is 2.01. The van der Waals surface area contributed by atoms with Crippen molar-refractivity contribution >= 4 is 11.8 Å². The third-order valence-corrected chi connectivity index (χ3v) is 3.67. The number of nitrogens with one attached hydrogen (secondary N) is 2. The van der Waals surface area contributed by atoms with E-state index in [1.54, 1.807) is 13.8 Å². The molecule has 1 aromatic carbocycles. The summed E-state index contributed by atoms with van der Waals surface area (Å²) in [4.78, 5) is 23.4. The second-order valence-electron chi connectivity index (χ2n) is 5.88. The lowest BCUT2D eigenvalue weighted by Crippen LogP contribution is -2.48. The molecule has 2 rings (SSSR count). The lowest BCUT2D eigenvalue weighted by Gasteiger charge is -2.29. The van der Waals surface area contributed by atoms with E-state index in [1.165, 1.54) is 0 Å². The summed E-state index contributed by atoms with van der Waals surface area (Å²) < 4.78 is 0. The van der Waals surface area contributed by atoms with E-state index in [0.29, 0.717) is 0 Å². The van der Waals surface area contributed by atoms with E-state index in [2.05, 4.69) is 10.6 Å². The Morgan fingerprint density at radius 2 is 1.86 bits per heavy atom. The molecule has 5 nitrogen and oxygen atoms in total. The Labute approximate surface area is 124 Å². The fourth-order valence-corrected chi connectivity index (χ4v) is 2.39. The summed E-state index contributed by atoms with van der Waals surface area (Å²) >= 11 is 0. The fourth-order valence-electron chi connectivity index (χ4n) is 2.39. The average Bonchev–Trinajstić information content (AvgIpc) is 3.29. The first-order valence-electron chi connectivity index (χ1n) is 7.30. The van der Waals surface area contributed by atoms with Gasteiger partial charge in [0.25, 0.3) is 0 Å². The second kappa shape index (κ2) is 6.26. The molecule has 0 bridgehead atoms. The quantitative estimate of drug-likeness (QED) is 0.706. The van der Waals surface area contributed by atoms with Crippen LogP contribution in [0.2, 0.25) is 0 Å². The Morgan fingerprint density at radius 1 is 1.24 bits per heavy atom. The Hall–Kier alpha value is -1.88. The van der Waals surface area contributed by atoms with Gasteiger partial charge in [0.1, 0.15) is 5.60 Å². The molecule has 0 radical (unpaired) electrons. The van der Waals surface area contributed by atoms with Crippen molar-refractivity contribution in [1.29, 1.82) is 0 Å². The molecule has 114 valence electrons. The monoisotopic (exact) mass is 290 g/mol. The predicted molar refractivity (Wildman–Crippen MR) is 79.4 cm³/mol. The fraction of sp³-hybridized carbons (Fsp3) is 0.500. The zero-order valence-electron chi connectivity index (χ0n) is 12.4. The van der Waals surface area contributed by atoms with Crippen LogP contribution in [0.15, 0.2) is 30.3 Å². The summed E-state index contributed by atoms with van der Waals surface area (Å²) in [6.45, 7) is 3.62. The maximum Gasteiger partial charge on any atom is 0.309 e. The van der Waals surface area contributed by atoms with Gasteiger partial charge in [-0.05, 0) is 38.2 Å². The molecule has 2 amide bonds. The summed E-state index contributed by atoms with van der Waals surface area (Å²) in [6.07, 6.45) is 1.86. The third-order valence-electron chi connectivity index (χ3n) is 3.67. The zero-order valence-corrected chi connectivity index (χ0v) is 12.4. The Bertz CT molecular complexity index is 512. The van der Waals surface area contributed by atoms with E-state index in [9.17, 15) is 14.7 Å². The minimum Gasteiger partial charge on any atom is -0.383 e. The van der Waals surface area contributed by atoms with E-state index in [4.69, 9.17) is 0 Å². The van der Waals surface area contributed by atoms with Crippen LogP contribution in [-0.4, -0.2) is 29.5 Å². The minimum absolute atomic E-state index is 0.0476. The molecule has 1 unspecified atom stereocenters. The molecule has 1 saturated carbocycles. The van der Waals surface area contributed by atoms with Gasteiger partial charge in [-0.15, -0.1) is 0 Å². The predicted octanol–water partition coefficient (Wildman–Crippen LogP) is 0.925. The van der Waals surface area contributed by atoms with Gasteiger partial charge >= 0.3 is 11.8 Å². The summed E-state index contributed by atoms with van der Waals surface area (Å²) in [5.74, 6) is -1.25. The van der Waals surface area contributed by atoms with Gasteiger partial charge in [-0.25, -0.2) is 0 Å². The highest BCUT2D eigenvalue weighted by molar-refractivity contribution is 6.35. The van der Waals surface area contributed by atoms with Crippen molar-refractivity contribution in [1.82, 2.24) is 10.6 Å². The maximum absolute atomic E-state index is 11.8. The summed E-state index contributed by atoms with van der Waals surface area (Å²) in [5, 5.41) is 16.0. The lowest BCUT2D eigenvalue weighted by molar-refractivity contribution is -0.140. The largest absolute Gasteiger partial charge is 0.383 e. The molecule has 3 N–H and O–H groups in total. The molecule has 1 atom stereocenters. The molecule has 0 spiro atoms. The van der Waals surface area contributed by atoms with Crippen molar-refractivity contribution in [2.24, 2.45) is 5.92 Å². The minimum atomic E-state index is -1.10. The smallest absolute Gasteiger partial charge is 0.309 e. The molecule has 1 aliphatic rings. The van der Waals surface area contributed by atoms with E-state index in [0.717, 1.165) is 18.4 Å². The van der Waals surface area contributed by atoms with E-state index in [-0.39, 0.29) is 18.5 Å². The van der Waals surface area contributed by atoms with Crippen LogP contribution in [0.3, 0.4) is 0 Å². The van der Waals surface area contributed by atoms with Crippen molar-refractivity contribution in [3.8, 4) is 0 Å². The van der Waals surface area contributed by atoms with Gasteiger partial charge in [0.05, 0.1) is 6.54 Å². The highest BCUT2D eigenvalue weighted by Crippen LogP contribution is 2.45. The number of hydrogen-bond acceptors (Lipinski definition) is 3. The molecule has 5 heteroatoms.